The monoisotopic (exact) mass is 348 g/mol. The normalized spacial score (nSPS) is 15.7. The molecular weight excluding hydrogens is 329 g/mol. The van der Waals surface area contributed by atoms with E-state index < -0.39 is 11.7 Å². The van der Waals surface area contributed by atoms with Gasteiger partial charge >= 0.3 is 6.18 Å². The summed E-state index contributed by atoms with van der Waals surface area (Å²) >= 11 is 5.30. The molecule has 23 heavy (non-hydrogen) atoms. The Hall–Kier alpha value is -1.61. The van der Waals surface area contributed by atoms with Gasteiger partial charge in [0, 0.05) is 46.0 Å². The molecule has 1 aliphatic rings. The van der Waals surface area contributed by atoms with Crippen LogP contribution >= 0.6 is 12.2 Å². The molecule has 0 aliphatic carbocycles. The minimum absolute atomic E-state index is 0.552. The van der Waals surface area contributed by atoms with Gasteiger partial charge in [-0.2, -0.15) is 13.2 Å². The van der Waals surface area contributed by atoms with Crippen LogP contribution in [0.3, 0.4) is 0 Å². The Morgan fingerprint density at radius 3 is 2.52 bits per heavy atom. The van der Waals surface area contributed by atoms with Crippen molar-refractivity contribution in [1.29, 1.82) is 0 Å². The third-order valence-electron chi connectivity index (χ3n) is 3.55. The SMILES string of the molecule is COCCNC(=S)N1CCN(c2ccc(C(F)(F)F)cn2)CC1. The van der Waals surface area contributed by atoms with Gasteiger partial charge in [-0.3, -0.25) is 0 Å². The molecular formula is C14H19F3N4OS. The number of rotatable bonds is 4. The summed E-state index contributed by atoms with van der Waals surface area (Å²) in [6.45, 7) is 3.93. The third kappa shape index (κ3) is 4.93. The summed E-state index contributed by atoms with van der Waals surface area (Å²) in [7, 11) is 1.63. The molecule has 1 saturated heterocycles. The number of methoxy groups -OCH3 is 1. The molecule has 9 heteroatoms. The number of ether oxygens (including phenoxy) is 1. The first-order valence-electron chi connectivity index (χ1n) is 7.21. The van der Waals surface area contributed by atoms with Crippen molar-refractivity contribution in [2.75, 3.05) is 51.3 Å². The van der Waals surface area contributed by atoms with Crippen LogP contribution in [0.15, 0.2) is 18.3 Å². The first-order chi connectivity index (χ1) is 10.9. The maximum Gasteiger partial charge on any atom is 0.417 e. The predicted molar refractivity (Wildman–Crippen MR) is 85.5 cm³/mol. The van der Waals surface area contributed by atoms with Crippen LogP contribution in [0.5, 0.6) is 0 Å². The van der Waals surface area contributed by atoms with Crippen LogP contribution in [-0.2, 0) is 10.9 Å². The lowest BCUT2D eigenvalue weighted by molar-refractivity contribution is -0.137. The molecule has 1 aliphatic heterocycles. The summed E-state index contributed by atoms with van der Waals surface area (Å²) in [6.07, 6.45) is -3.48. The molecule has 0 saturated carbocycles. The molecule has 0 spiro atoms. The number of pyridine rings is 1. The zero-order chi connectivity index (χ0) is 16.9. The third-order valence-corrected chi connectivity index (χ3v) is 3.95. The Bertz CT molecular complexity index is 516. The van der Waals surface area contributed by atoms with Gasteiger partial charge in [0.15, 0.2) is 5.11 Å². The van der Waals surface area contributed by atoms with E-state index in [1.807, 2.05) is 9.80 Å². The second-order valence-corrected chi connectivity index (χ2v) is 5.49. The van der Waals surface area contributed by atoms with Crippen molar-refractivity contribution < 1.29 is 17.9 Å². The molecule has 0 aromatic carbocycles. The molecule has 2 heterocycles. The fourth-order valence-corrected chi connectivity index (χ4v) is 2.54. The topological polar surface area (TPSA) is 40.6 Å². The van der Waals surface area contributed by atoms with Crippen LogP contribution in [0.25, 0.3) is 0 Å². The molecule has 1 aromatic heterocycles. The van der Waals surface area contributed by atoms with E-state index >= 15 is 0 Å². The van der Waals surface area contributed by atoms with Crippen LogP contribution in [0.2, 0.25) is 0 Å². The average molecular weight is 348 g/mol. The number of hydrogen-bond donors (Lipinski definition) is 1. The number of anilines is 1. The zero-order valence-corrected chi connectivity index (χ0v) is 13.6. The van der Waals surface area contributed by atoms with Gasteiger partial charge in [-0.1, -0.05) is 0 Å². The van der Waals surface area contributed by atoms with Crippen molar-refractivity contribution in [3.05, 3.63) is 23.9 Å². The van der Waals surface area contributed by atoms with Gasteiger partial charge in [-0.25, -0.2) is 4.98 Å². The highest BCUT2D eigenvalue weighted by atomic mass is 32.1. The minimum Gasteiger partial charge on any atom is -0.383 e. The number of halogens is 3. The summed E-state index contributed by atoms with van der Waals surface area (Å²) in [4.78, 5) is 7.91. The fraction of sp³-hybridized carbons (Fsp3) is 0.571. The maximum atomic E-state index is 12.5. The van der Waals surface area contributed by atoms with E-state index in [1.54, 1.807) is 7.11 Å². The van der Waals surface area contributed by atoms with E-state index in [4.69, 9.17) is 17.0 Å². The lowest BCUT2D eigenvalue weighted by Gasteiger charge is -2.36. The number of aromatic nitrogens is 1. The molecule has 0 bridgehead atoms. The number of alkyl halides is 3. The summed E-state index contributed by atoms with van der Waals surface area (Å²) in [5.74, 6) is 0.552. The molecule has 2 rings (SSSR count). The minimum atomic E-state index is -4.36. The first kappa shape index (κ1) is 17.7. The molecule has 0 unspecified atom stereocenters. The number of piperazine rings is 1. The molecule has 128 valence electrons. The van der Waals surface area contributed by atoms with E-state index in [2.05, 4.69) is 10.3 Å². The number of thiocarbonyl (C=S) groups is 1. The van der Waals surface area contributed by atoms with Crippen molar-refractivity contribution >= 4 is 23.1 Å². The Balaban J connectivity index is 1.85. The van der Waals surface area contributed by atoms with Gasteiger partial charge in [0.2, 0.25) is 0 Å². The maximum absolute atomic E-state index is 12.5. The highest BCUT2D eigenvalue weighted by Gasteiger charge is 2.31. The molecule has 1 N–H and O–H groups in total. The molecule has 5 nitrogen and oxygen atoms in total. The van der Waals surface area contributed by atoms with E-state index in [1.165, 1.54) is 6.07 Å². The van der Waals surface area contributed by atoms with Crippen molar-refractivity contribution in [3.8, 4) is 0 Å². The Kier molecular flexibility index (Phi) is 6.00. The predicted octanol–water partition coefficient (Wildman–Crippen LogP) is 1.74. The number of nitrogens with one attached hydrogen (secondary N) is 1. The van der Waals surface area contributed by atoms with Crippen LogP contribution in [-0.4, -0.2) is 61.4 Å². The quantitative estimate of drug-likeness (QED) is 0.660. The van der Waals surface area contributed by atoms with E-state index in [0.717, 1.165) is 12.3 Å². The van der Waals surface area contributed by atoms with E-state index in [9.17, 15) is 13.2 Å². The highest BCUT2D eigenvalue weighted by Crippen LogP contribution is 2.29. The lowest BCUT2D eigenvalue weighted by atomic mass is 10.2. The van der Waals surface area contributed by atoms with Crippen molar-refractivity contribution in [2.24, 2.45) is 0 Å². The van der Waals surface area contributed by atoms with Gasteiger partial charge in [-0.15, -0.1) is 0 Å². The Morgan fingerprint density at radius 1 is 1.30 bits per heavy atom. The van der Waals surface area contributed by atoms with E-state index in [0.29, 0.717) is 50.3 Å². The van der Waals surface area contributed by atoms with Gasteiger partial charge in [0.25, 0.3) is 0 Å². The van der Waals surface area contributed by atoms with Crippen LogP contribution in [0, 0.1) is 0 Å². The van der Waals surface area contributed by atoms with Crippen LogP contribution < -0.4 is 10.2 Å². The number of hydrogen-bond acceptors (Lipinski definition) is 4. The van der Waals surface area contributed by atoms with Crippen molar-refractivity contribution in [3.63, 3.8) is 0 Å². The van der Waals surface area contributed by atoms with Gasteiger partial charge in [0.1, 0.15) is 5.82 Å². The van der Waals surface area contributed by atoms with Gasteiger partial charge in [0.05, 0.1) is 12.2 Å². The van der Waals surface area contributed by atoms with Crippen LogP contribution in [0.1, 0.15) is 5.56 Å². The molecule has 1 fully saturated rings. The van der Waals surface area contributed by atoms with Crippen molar-refractivity contribution in [2.45, 2.75) is 6.18 Å². The average Bonchev–Trinajstić information content (AvgIpc) is 2.54. The Labute approximate surface area is 138 Å². The standard InChI is InChI=1S/C14H19F3N4OS/c1-22-9-4-18-13(23)21-7-5-20(6-8-21)12-3-2-11(10-19-12)14(15,16)17/h2-3,10H,4-9H2,1H3,(H,18,23). The summed E-state index contributed by atoms with van der Waals surface area (Å²) in [5, 5.41) is 3.77. The lowest BCUT2D eigenvalue weighted by Crippen LogP contribution is -2.52. The summed E-state index contributed by atoms with van der Waals surface area (Å²) in [6, 6.07) is 2.47. The second-order valence-electron chi connectivity index (χ2n) is 5.10. The molecule has 0 amide bonds. The van der Waals surface area contributed by atoms with Gasteiger partial charge < -0.3 is 19.9 Å². The Morgan fingerprint density at radius 2 is 2.00 bits per heavy atom. The fourth-order valence-electron chi connectivity index (χ4n) is 2.25. The summed E-state index contributed by atoms with van der Waals surface area (Å²) < 4.78 is 42.6. The first-order valence-corrected chi connectivity index (χ1v) is 7.62. The molecule has 1 aromatic rings. The van der Waals surface area contributed by atoms with Crippen molar-refractivity contribution in [1.82, 2.24) is 15.2 Å². The van der Waals surface area contributed by atoms with Crippen LogP contribution in [0.4, 0.5) is 19.0 Å². The zero-order valence-electron chi connectivity index (χ0n) is 12.8. The van der Waals surface area contributed by atoms with E-state index in [-0.39, 0.29) is 0 Å². The second kappa shape index (κ2) is 7.78. The largest absolute Gasteiger partial charge is 0.417 e. The molecule has 0 atom stereocenters. The summed E-state index contributed by atoms with van der Waals surface area (Å²) in [5.41, 5.74) is -0.733. The smallest absolute Gasteiger partial charge is 0.383 e. The highest BCUT2D eigenvalue weighted by molar-refractivity contribution is 7.80. The molecule has 0 radical (unpaired) electrons. The number of nitrogens with zero attached hydrogens (tertiary/aromatic N) is 3. The van der Waals surface area contributed by atoms with Gasteiger partial charge in [-0.05, 0) is 24.4 Å².